The average molecular weight is 361 g/mol. The molecule has 0 aromatic carbocycles. The first kappa shape index (κ1) is 18.1. The number of amides is 2. The van der Waals surface area contributed by atoms with Gasteiger partial charge in [0.25, 0.3) is 0 Å². The summed E-state index contributed by atoms with van der Waals surface area (Å²) in [6.07, 6.45) is 3.36. The lowest BCUT2D eigenvalue weighted by atomic mass is 10.1. The molecule has 0 aliphatic carbocycles. The van der Waals surface area contributed by atoms with Crippen LogP contribution in [0.15, 0.2) is 27.5 Å². The molecule has 1 aliphatic heterocycles. The molecule has 0 bridgehead atoms. The molecule has 1 atom stereocenters. The molecule has 140 valence electrons. The molecule has 0 radical (unpaired) electrons. The minimum Gasteiger partial charge on any atom is -0.472 e. The van der Waals surface area contributed by atoms with Crippen molar-refractivity contribution in [2.24, 2.45) is 0 Å². The van der Waals surface area contributed by atoms with Crippen LogP contribution in [0.2, 0.25) is 0 Å². The Labute approximate surface area is 151 Å². The van der Waals surface area contributed by atoms with Crippen molar-refractivity contribution in [3.8, 4) is 0 Å². The summed E-state index contributed by atoms with van der Waals surface area (Å²) >= 11 is 0. The molecule has 26 heavy (non-hydrogen) atoms. The number of nitrogens with one attached hydrogen (secondary N) is 1. The number of hydrogen-bond donors (Lipinski definition) is 1. The number of aryl methyl sites for hydroxylation is 1. The van der Waals surface area contributed by atoms with Crippen molar-refractivity contribution in [2.75, 3.05) is 19.6 Å². The minimum absolute atomic E-state index is 0.106. The van der Waals surface area contributed by atoms with Crippen LogP contribution >= 0.6 is 0 Å². The summed E-state index contributed by atoms with van der Waals surface area (Å²) < 4.78 is 10.1. The molecule has 3 rings (SSSR count). The van der Waals surface area contributed by atoms with E-state index in [9.17, 15) is 9.59 Å². The van der Waals surface area contributed by atoms with Gasteiger partial charge in [0.15, 0.2) is 5.82 Å². The Kier molecular flexibility index (Phi) is 5.67. The molecule has 9 nitrogen and oxygen atoms in total. The number of hydrogen-bond acceptors (Lipinski definition) is 7. The van der Waals surface area contributed by atoms with Gasteiger partial charge in [-0.1, -0.05) is 5.16 Å². The van der Waals surface area contributed by atoms with E-state index in [4.69, 9.17) is 8.94 Å². The number of carbonyl (C=O) groups is 2. The number of carbonyl (C=O) groups excluding carboxylic acids is 2. The molecule has 2 aromatic rings. The van der Waals surface area contributed by atoms with E-state index in [1.165, 1.54) is 0 Å². The van der Waals surface area contributed by atoms with Crippen LogP contribution in [0.3, 0.4) is 0 Å². The first-order valence-corrected chi connectivity index (χ1v) is 8.66. The third kappa shape index (κ3) is 4.29. The minimum atomic E-state index is -0.507. The van der Waals surface area contributed by atoms with Crippen LogP contribution in [0.25, 0.3) is 0 Å². The standard InChI is InChI=1S/C17H23N5O4/c1-3-21(10-15-19-12(2)26-20-15)16(23)8-14-17(24)18-5-6-22(14)9-13-4-7-25-11-13/h4,7,11,14H,3,5-6,8-10H2,1-2H3,(H,18,24). The van der Waals surface area contributed by atoms with Crippen molar-refractivity contribution in [3.05, 3.63) is 35.9 Å². The van der Waals surface area contributed by atoms with Crippen molar-refractivity contribution in [3.63, 3.8) is 0 Å². The van der Waals surface area contributed by atoms with Crippen molar-refractivity contribution < 1.29 is 18.5 Å². The van der Waals surface area contributed by atoms with E-state index in [2.05, 4.69) is 15.5 Å². The Morgan fingerprint density at radius 1 is 1.50 bits per heavy atom. The highest BCUT2D eigenvalue weighted by Gasteiger charge is 2.33. The molecule has 2 aromatic heterocycles. The van der Waals surface area contributed by atoms with E-state index in [-0.39, 0.29) is 24.8 Å². The number of furan rings is 1. The predicted molar refractivity (Wildman–Crippen MR) is 90.7 cm³/mol. The van der Waals surface area contributed by atoms with Gasteiger partial charge in [0.1, 0.15) is 0 Å². The summed E-state index contributed by atoms with van der Waals surface area (Å²) in [6, 6.07) is 1.36. The van der Waals surface area contributed by atoms with E-state index >= 15 is 0 Å². The highest BCUT2D eigenvalue weighted by molar-refractivity contribution is 5.88. The third-order valence-corrected chi connectivity index (χ3v) is 4.41. The monoisotopic (exact) mass is 361 g/mol. The lowest BCUT2D eigenvalue weighted by Crippen LogP contribution is -2.56. The number of rotatable bonds is 7. The summed E-state index contributed by atoms with van der Waals surface area (Å²) in [4.78, 5) is 32.9. The Balaban J connectivity index is 1.66. The number of piperazine rings is 1. The fourth-order valence-electron chi connectivity index (χ4n) is 3.04. The normalized spacial score (nSPS) is 17.9. The second kappa shape index (κ2) is 8.13. The second-order valence-electron chi connectivity index (χ2n) is 6.25. The smallest absolute Gasteiger partial charge is 0.237 e. The molecular weight excluding hydrogens is 338 g/mol. The van der Waals surface area contributed by atoms with Gasteiger partial charge in [0.2, 0.25) is 17.7 Å². The third-order valence-electron chi connectivity index (χ3n) is 4.41. The Morgan fingerprint density at radius 2 is 2.35 bits per heavy atom. The molecule has 1 saturated heterocycles. The van der Waals surface area contributed by atoms with Gasteiger partial charge in [-0.05, 0) is 13.0 Å². The van der Waals surface area contributed by atoms with Crippen LogP contribution in [-0.4, -0.2) is 57.4 Å². The van der Waals surface area contributed by atoms with Gasteiger partial charge in [-0.15, -0.1) is 0 Å². The van der Waals surface area contributed by atoms with Gasteiger partial charge < -0.3 is 19.2 Å². The summed E-state index contributed by atoms with van der Waals surface area (Å²) in [5.41, 5.74) is 0.978. The van der Waals surface area contributed by atoms with Gasteiger partial charge >= 0.3 is 0 Å². The van der Waals surface area contributed by atoms with E-state index in [1.807, 2.05) is 17.9 Å². The Morgan fingerprint density at radius 3 is 3.00 bits per heavy atom. The van der Waals surface area contributed by atoms with Crippen LogP contribution in [-0.2, 0) is 22.7 Å². The fraction of sp³-hybridized carbons (Fsp3) is 0.529. The first-order valence-electron chi connectivity index (χ1n) is 8.66. The summed E-state index contributed by atoms with van der Waals surface area (Å²) in [5, 5.41) is 6.68. The van der Waals surface area contributed by atoms with Crippen molar-refractivity contribution in [1.29, 1.82) is 0 Å². The van der Waals surface area contributed by atoms with Crippen LogP contribution in [0, 0.1) is 6.92 Å². The number of aromatic nitrogens is 2. The van der Waals surface area contributed by atoms with Crippen LogP contribution < -0.4 is 5.32 Å². The predicted octanol–water partition coefficient (Wildman–Crippen LogP) is 0.710. The fourth-order valence-corrected chi connectivity index (χ4v) is 3.04. The van der Waals surface area contributed by atoms with Crippen LogP contribution in [0.4, 0.5) is 0 Å². The topological polar surface area (TPSA) is 105 Å². The van der Waals surface area contributed by atoms with E-state index < -0.39 is 6.04 Å². The molecule has 1 fully saturated rings. The van der Waals surface area contributed by atoms with E-state index in [0.29, 0.717) is 37.9 Å². The highest BCUT2D eigenvalue weighted by Crippen LogP contribution is 2.16. The molecule has 1 aliphatic rings. The zero-order valence-corrected chi connectivity index (χ0v) is 15.0. The summed E-state index contributed by atoms with van der Waals surface area (Å²) in [7, 11) is 0. The van der Waals surface area contributed by atoms with Crippen LogP contribution in [0.5, 0.6) is 0 Å². The molecule has 1 N–H and O–H groups in total. The van der Waals surface area contributed by atoms with Gasteiger partial charge in [0, 0.05) is 38.7 Å². The van der Waals surface area contributed by atoms with Crippen molar-refractivity contribution in [1.82, 2.24) is 25.3 Å². The summed E-state index contributed by atoms with van der Waals surface area (Å²) in [6.45, 7) is 6.18. The van der Waals surface area contributed by atoms with Gasteiger partial charge in [-0.25, -0.2) is 0 Å². The zero-order chi connectivity index (χ0) is 18.5. The van der Waals surface area contributed by atoms with E-state index in [0.717, 1.165) is 5.56 Å². The lowest BCUT2D eigenvalue weighted by Gasteiger charge is -2.35. The molecule has 0 saturated carbocycles. The van der Waals surface area contributed by atoms with Gasteiger partial charge in [0.05, 0.1) is 31.5 Å². The highest BCUT2D eigenvalue weighted by atomic mass is 16.5. The molecule has 2 amide bonds. The second-order valence-corrected chi connectivity index (χ2v) is 6.25. The molecule has 3 heterocycles. The molecule has 0 spiro atoms. The number of nitrogens with zero attached hydrogens (tertiary/aromatic N) is 4. The van der Waals surface area contributed by atoms with Crippen molar-refractivity contribution >= 4 is 11.8 Å². The molecular formula is C17H23N5O4. The maximum Gasteiger partial charge on any atom is 0.237 e. The molecule has 9 heteroatoms. The maximum absolute atomic E-state index is 12.8. The average Bonchev–Trinajstić information content (AvgIpc) is 3.27. The summed E-state index contributed by atoms with van der Waals surface area (Å²) in [5.74, 6) is 0.677. The van der Waals surface area contributed by atoms with Gasteiger partial charge in [-0.3, -0.25) is 14.5 Å². The van der Waals surface area contributed by atoms with Crippen molar-refractivity contribution in [2.45, 2.75) is 39.4 Å². The zero-order valence-electron chi connectivity index (χ0n) is 15.0. The largest absolute Gasteiger partial charge is 0.472 e. The Hall–Kier alpha value is -2.68. The van der Waals surface area contributed by atoms with E-state index in [1.54, 1.807) is 24.3 Å². The quantitative estimate of drug-likeness (QED) is 0.774. The lowest BCUT2D eigenvalue weighted by molar-refractivity contribution is -0.139. The Bertz CT molecular complexity index is 742. The first-order chi connectivity index (χ1) is 12.6. The van der Waals surface area contributed by atoms with Crippen LogP contribution in [0.1, 0.15) is 30.6 Å². The SMILES string of the molecule is CCN(Cc1noc(C)n1)C(=O)CC1C(=O)NCCN1Cc1ccoc1. The van der Waals surface area contributed by atoms with Gasteiger partial charge in [-0.2, -0.15) is 4.98 Å². The maximum atomic E-state index is 12.8. The molecule has 1 unspecified atom stereocenters.